The van der Waals surface area contributed by atoms with Crippen LogP contribution in [0.3, 0.4) is 0 Å². The summed E-state index contributed by atoms with van der Waals surface area (Å²) in [6, 6.07) is 6.04. The Balaban J connectivity index is 1.88. The van der Waals surface area contributed by atoms with Crippen molar-refractivity contribution in [3.8, 4) is 22.5 Å². The Kier molecular flexibility index (Phi) is 5.99. The minimum Gasteiger partial charge on any atom is -0.382 e. The van der Waals surface area contributed by atoms with E-state index in [-0.39, 0.29) is 45.0 Å². The molecule has 4 nitrogen and oxygen atoms in total. The van der Waals surface area contributed by atoms with Crippen LogP contribution in [0.2, 0.25) is 5.02 Å². The lowest BCUT2D eigenvalue weighted by atomic mass is 9.93. The molecule has 33 heavy (non-hydrogen) atoms. The Bertz CT molecular complexity index is 1180. The van der Waals surface area contributed by atoms with Gasteiger partial charge in [-0.2, -0.15) is 18.3 Å². The Hall–Kier alpha value is -2.52. The highest BCUT2D eigenvalue weighted by Gasteiger charge is 2.35. The van der Waals surface area contributed by atoms with Gasteiger partial charge in [0, 0.05) is 12.0 Å². The SMILES string of the molecule is CC(C)(O)c1nc(-c2cc(CCC(F)(F)F)c(-c3c(F)cccc3Cl)cc2F)nn1C1CC1. The Morgan fingerprint density at radius 3 is 2.36 bits per heavy atom. The molecule has 0 bridgehead atoms. The molecule has 1 aliphatic carbocycles. The summed E-state index contributed by atoms with van der Waals surface area (Å²) in [4.78, 5) is 4.30. The first kappa shape index (κ1) is 23.6. The normalized spacial score (nSPS) is 14.7. The molecule has 1 aliphatic rings. The van der Waals surface area contributed by atoms with Gasteiger partial charge in [0.05, 0.1) is 16.6 Å². The fourth-order valence-corrected chi connectivity index (χ4v) is 3.95. The minimum absolute atomic E-state index is 0.0249. The van der Waals surface area contributed by atoms with Crippen molar-refractivity contribution in [3.05, 3.63) is 58.4 Å². The summed E-state index contributed by atoms with van der Waals surface area (Å²) in [5.74, 6) is -1.44. The van der Waals surface area contributed by atoms with Crippen LogP contribution in [-0.2, 0) is 12.0 Å². The van der Waals surface area contributed by atoms with Crippen LogP contribution in [0.4, 0.5) is 22.0 Å². The lowest BCUT2D eigenvalue weighted by molar-refractivity contribution is -0.133. The highest BCUT2D eigenvalue weighted by Crippen LogP contribution is 2.40. The first-order valence-electron chi connectivity index (χ1n) is 10.4. The predicted octanol–water partition coefficient (Wildman–Crippen LogP) is 6.60. The Morgan fingerprint density at radius 2 is 1.79 bits per heavy atom. The second kappa shape index (κ2) is 8.36. The van der Waals surface area contributed by atoms with E-state index in [1.165, 1.54) is 36.7 Å². The Labute approximate surface area is 192 Å². The van der Waals surface area contributed by atoms with Crippen molar-refractivity contribution in [2.75, 3.05) is 0 Å². The lowest BCUT2D eigenvalue weighted by Crippen LogP contribution is -2.22. The highest BCUT2D eigenvalue weighted by atomic mass is 35.5. The maximum absolute atomic E-state index is 15.3. The molecule has 0 spiro atoms. The number of aryl methyl sites for hydroxylation is 1. The van der Waals surface area contributed by atoms with E-state index < -0.39 is 36.3 Å². The van der Waals surface area contributed by atoms with E-state index in [4.69, 9.17) is 11.6 Å². The van der Waals surface area contributed by atoms with Crippen LogP contribution < -0.4 is 0 Å². The van der Waals surface area contributed by atoms with E-state index in [1.54, 1.807) is 0 Å². The number of halogens is 6. The van der Waals surface area contributed by atoms with Gasteiger partial charge in [-0.25, -0.2) is 18.4 Å². The van der Waals surface area contributed by atoms with Gasteiger partial charge in [-0.3, -0.25) is 0 Å². The number of aliphatic hydroxyl groups is 1. The molecule has 1 fully saturated rings. The number of hydrogen-bond donors (Lipinski definition) is 1. The molecule has 1 heterocycles. The summed E-state index contributed by atoms with van der Waals surface area (Å²) >= 11 is 6.11. The monoisotopic (exact) mass is 485 g/mol. The molecule has 0 aliphatic heterocycles. The lowest BCUT2D eigenvalue weighted by Gasteiger charge is -2.16. The molecule has 2 aromatic carbocycles. The molecule has 0 amide bonds. The van der Waals surface area contributed by atoms with E-state index in [0.717, 1.165) is 25.0 Å². The van der Waals surface area contributed by atoms with Gasteiger partial charge in [0.2, 0.25) is 0 Å². The second-order valence-electron chi connectivity index (χ2n) is 8.69. The van der Waals surface area contributed by atoms with Crippen molar-refractivity contribution in [1.29, 1.82) is 0 Å². The van der Waals surface area contributed by atoms with Crippen LogP contribution >= 0.6 is 11.6 Å². The Morgan fingerprint density at radius 1 is 1.09 bits per heavy atom. The van der Waals surface area contributed by atoms with E-state index >= 15 is 4.39 Å². The largest absolute Gasteiger partial charge is 0.389 e. The summed E-state index contributed by atoms with van der Waals surface area (Å²) in [7, 11) is 0. The molecule has 3 aromatic rings. The van der Waals surface area contributed by atoms with Crippen LogP contribution in [0.25, 0.3) is 22.5 Å². The number of rotatable bonds is 6. The minimum atomic E-state index is -4.47. The first-order chi connectivity index (χ1) is 15.3. The van der Waals surface area contributed by atoms with Crippen LogP contribution in [-0.4, -0.2) is 26.0 Å². The molecular weight excluding hydrogens is 465 g/mol. The molecule has 10 heteroatoms. The summed E-state index contributed by atoms with van der Waals surface area (Å²) in [6.45, 7) is 3.04. The highest BCUT2D eigenvalue weighted by molar-refractivity contribution is 6.33. The first-order valence-corrected chi connectivity index (χ1v) is 10.8. The smallest absolute Gasteiger partial charge is 0.382 e. The van der Waals surface area contributed by atoms with Crippen LogP contribution in [0.5, 0.6) is 0 Å². The standard InChI is InChI=1S/C23H21ClF5N3O/c1-22(2,33)21-30-20(31-32(21)13-6-7-13)15-10-12(8-9-23(27,28)29)14(11-18(15)26)19-16(24)4-3-5-17(19)25/h3-5,10-11,13,33H,6-9H2,1-2H3. The molecule has 1 N–H and O–H groups in total. The van der Waals surface area contributed by atoms with Gasteiger partial charge in [-0.05, 0) is 68.5 Å². The van der Waals surface area contributed by atoms with E-state index in [2.05, 4.69) is 10.1 Å². The second-order valence-corrected chi connectivity index (χ2v) is 9.10. The fourth-order valence-electron chi connectivity index (χ4n) is 3.69. The summed E-state index contributed by atoms with van der Waals surface area (Å²) in [6.07, 6.45) is -4.51. The van der Waals surface area contributed by atoms with Crippen LogP contribution in [0, 0.1) is 11.6 Å². The van der Waals surface area contributed by atoms with Gasteiger partial charge in [0.25, 0.3) is 0 Å². The molecule has 176 valence electrons. The van der Waals surface area contributed by atoms with Crippen molar-refractivity contribution in [2.24, 2.45) is 0 Å². The van der Waals surface area contributed by atoms with E-state index in [9.17, 15) is 22.7 Å². The predicted molar refractivity (Wildman–Crippen MR) is 114 cm³/mol. The molecule has 0 atom stereocenters. The molecule has 1 aromatic heterocycles. The maximum Gasteiger partial charge on any atom is 0.389 e. The van der Waals surface area contributed by atoms with Crippen LogP contribution in [0.15, 0.2) is 30.3 Å². The molecule has 0 saturated heterocycles. The number of aromatic nitrogens is 3. The number of benzene rings is 2. The third-order valence-electron chi connectivity index (χ3n) is 5.41. The maximum atomic E-state index is 15.3. The molecular formula is C23H21ClF5N3O. The summed E-state index contributed by atoms with van der Waals surface area (Å²) in [5.41, 5.74) is -1.66. The number of nitrogens with zero attached hydrogens (tertiary/aromatic N) is 3. The van der Waals surface area contributed by atoms with Gasteiger partial charge in [0.1, 0.15) is 17.2 Å². The third kappa shape index (κ3) is 5.04. The molecule has 1 saturated carbocycles. The molecule has 4 rings (SSSR count). The zero-order valence-electron chi connectivity index (χ0n) is 17.8. The quantitative estimate of drug-likeness (QED) is 0.400. The van der Waals surface area contributed by atoms with Gasteiger partial charge in [-0.15, -0.1) is 0 Å². The topological polar surface area (TPSA) is 50.9 Å². The van der Waals surface area contributed by atoms with Crippen molar-refractivity contribution >= 4 is 11.6 Å². The number of hydrogen-bond acceptors (Lipinski definition) is 3. The molecule has 0 radical (unpaired) electrons. The zero-order valence-corrected chi connectivity index (χ0v) is 18.6. The summed E-state index contributed by atoms with van der Waals surface area (Å²) < 4.78 is 70.3. The van der Waals surface area contributed by atoms with Gasteiger partial charge >= 0.3 is 6.18 Å². The average molecular weight is 486 g/mol. The third-order valence-corrected chi connectivity index (χ3v) is 5.73. The van der Waals surface area contributed by atoms with E-state index in [0.29, 0.717) is 0 Å². The zero-order chi connectivity index (χ0) is 24.1. The van der Waals surface area contributed by atoms with E-state index in [1.807, 2.05) is 0 Å². The van der Waals surface area contributed by atoms with Gasteiger partial charge in [-0.1, -0.05) is 17.7 Å². The molecule has 0 unspecified atom stereocenters. The van der Waals surface area contributed by atoms with Gasteiger partial charge in [0.15, 0.2) is 11.6 Å². The van der Waals surface area contributed by atoms with Crippen molar-refractivity contribution in [1.82, 2.24) is 14.8 Å². The van der Waals surface area contributed by atoms with Crippen molar-refractivity contribution in [3.63, 3.8) is 0 Å². The van der Waals surface area contributed by atoms with Crippen LogP contribution in [0.1, 0.15) is 50.5 Å². The average Bonchev–Trinajstić information content (AvgIpc) is 3.44. The number of alkyl halides is 3. The van der Waals surface area contributed by atoms with Crippen molar-refractivity contribution < 1.29 is 27.1 Å². The van der Waals surface area contributed by atoms with Crippen molar-refractivity contribution in [2.45, 2.75) is 57.3 Å². The van der Waals surface area contributed by atoms with Gasteiger partial charge < -0.3 is 5.11 Å². The summed E-state index contributed by atoms with van der Waals surface area (Å²) in [5, 5.41) is 14.8. The fraction of sp³-hybridized carbons (Fsp3) is 0.391.